The highest BCUT2D eigenvalue weighted by atomic mass is 16.3. The SMILES string of the molecule is C=CCC[C@@]1(O)CC[C@]2(C)C3CC[C@@]4(C)C(CC[C@@H]4C(C)=O)C3CC[C@H]2C1. The Morgan fingerprint density at radius 1 is 1.04 bits per heavy atom. The molecular formula is C25H40O2. The summed E-state index contributed by atoms with van der Waals surface area (Å²) in [5.74, 6) is 3.80. The van der Waals surface area contributed by atoms with Gasteiger partial charge in [0.15, 0.2) is 0 Å². The van der Waals surface area contributed by atoms with Crippen LogP contribution in [-0.4, -0.2) is 16.5 Å². The number of fused-ring (bicyclic) bond motifs is 5. The molecule has 3 unspecified atom stereocenters. The van der Waals surface area contributed by atoms with Crippen molar-refractivity contribution in [3.63, 3.8) is 0 Å². The van der Waals surface area contributed by atoms with Crippen molar-refractivity contribution in [2.45, 2.75) is 97.0 Å². The standard InChI is InChI=1S/C25H40O2/c1-5-6-12-25(27)15-14-23(3)18(16-25)7-8-19-21-10-9-20(17(2)26)24(21,4)13-11-22(19)23/h5,18-22,27H,1,6-16H2,2-4H3/t18-,19?,20+,21?,22?,23-,24+,25+/m0/s1. The van der Waals surface area contributed by atoms with Crippen LogP contribution >= 0.6 is 0 Å². The van der Waals surface area contributed by atoms with Crippen molar-refractivity contribution in [1.82, 2.24) is 0 Å². The highest BCUT2D eigenvalue weighted by Gasteiger charge is 2.61. The lowest BCUT2D eigenvalue weighted by molar-refractivity contribution is -0.154. The van der Waals surface area contributed by atoms with E-state index in [1.165, 1.54) is 38.5 Å². The summed E-state index contributed by atoms with van der Waals surface area (Å²) in [6.45, 7) is 10.7. The zero-order valence-electron chi connectivity index (χ0n) is 17.8. The van der Waals surface area contributed by atoms with E-state index in [4.69, 9.17) is 0 Å². The van der Waals surface area contributed by atoms with Gasteiger partial charge in [-0.3, -0.25) is 4.79 Å². The van der Waals surface area contributed by atoms with Gasteiger partial charge in [-0.25, -0.2) is 0 Å². The molecule has 4 rings (SSSR count). The second-order valence-corrected chi connectivity index (χ2v) is 11.2. The molecule has 0 aliphatic heterocycles. The molecule has 0 aromatic heterocycles. The lowest BCUT2D eigenvalue weighted by Gasteiger charge is -2.62. The first-order chi connectivity index (χ1) is 12.7. The van der Waals surface area contributed by atoms with Crippen LogP contribution in [0.3, 0.4) is 0 Å². The van der Waals surface area contributed by atoms with Crippen molar-refractivity contribution in [2.75, 3.05) is 0 Å². The second-order valence-electron chi connectivity index (χ2n) is 11.2. The first kappa shape index (κ1) is 19.7. The van der Waals surface area contributed by atoms with E-state index in [0.29, 0.717) is 23.0 Å². The summed E-state index contributed by atoms with van der Waals surface area (Å²) in [7, 11) is 0. The van der Waals surface area contributed by atoms with Gasteiger partial charge in [0, 0.05) is 5.92 Å². The molecular weight excluding hydrogens is 332 g/mol. The largest absolute Gasteiger partial charge is 0.390 e. The minimum Gasteiger partial charge on any atom is -0.390 e. The number of hydrogen-bond acceptors (Lipinski definition) is 2. The van der Waals surface area contributed by atoms with Gasteiger partial charge in [-0.15, -0.1) is 6.58 Å². The predicted octanol–water partition coefficient (Wildman–Crippen LogP) is 5.93. The molecule has 4 aliphatic rings. The molecule has 0 radical (unpaired) electrons. The van der Waals surface area contributed by atoms with Crippen LogP contribution in [-0.2, 0) is 4.79 Å². The minimum absolute atomic E-state index is 0.259. The lowest BCUT2D eigenvalue weighted by Crippen LogP contribution is -2.56. The molecule has 27 heavy (non-hydrogen) atoms. The van der Waals surface area contributed by atoms with Crippen LogP contribution < -0.4 is 0 Å². The maximum absolute atomic E-state index is 12.3. The van der Waals surface area contributed by atoms with Gasteiger partial charge in [0.2, 0.25) is 0 Å². The molecule has 4 aliphatic carbocycles. The Hall–Kier alpha value is -0.630. The van der Waals surface area contributed by atoms with E-state index in [2.05, 4.69) is 20.4 Å². The van der Waals surface area contributed by atoms with Gasteiger partial charge >= 0.3 is 0 Å². The van der Waals surface area contributed by atoms with E-state index in [9.17, 15) is 9.90 Å². The van der Waals surface area contributed by atoms with Gasteiger partial charge in [0.25, 0.3) is 0 Å². The van der Waals surface area contributed by atoms with Crippen molar-refractivity contribution in [3.8, 4) is 0 Å². The van der Waals surface area contributed by atoms with Gasteiger partial charge < -0.3 is 5.11 Å². The Balaban J connectivity index is 1.54. The third kappa shape index (κ3) is 2.96. The fourth-order valence-corrected chi connectivity index (χ4v) is 8.59. The van der Waals surface area contributed by atoms with E-state index in [-0.39, 0.29) is 5.41 Å². The molecule has 0 heterocycles. The zero-order valence-corrected chi connectivity index (χ0v) is 17.8. The van der Waals surface area contributed by atoms with Crippen LogP contribution in [0.5, 0.6) is 0 Å². The summed E-state index contributed by atoms with van der Waals surface area (Å²) < 4.78 is 0. The number of aliphatic hydroxyl groups is 1. The van der Waals surface area contributed by atoms with Crippen LogP contribution in [0.25, 0.3) is 0 Å². The molecule has 0 saturated heterocycles. The Kier molecular flexibility index (Phi) is 4.89. The number of Topliss-reactive ketones (excluding diaryl/α,β-unsaturated/α-hetero) is 1. The van der Waals surface area contributed by atoms with E-state index in [1.807, 2.05) is 13.0 Å². The fourth-order valence-electron chi connectivity index (χ4n) is 8.59. The van der Waals surface area contributed by atoms with Gasteiger partial charge in [-0.2, -0.15) is 0 Å². The Bertz CT molecular complexity index is 611. The first-order valence-corrected chi connectivity index (χ1v) is 11.6. The topological polar surface area (TPSA) is 37.3 Å². The van der Waals surface area contributed by atoms with Crippen molar-refractivity contribution in [1.29, 1.82) is 0 Å². The summed E-state index contributed by atoms with van der Waals surface area (Å²) in [4.78, 5) is 12.3. The zero-order chi connectivity index (χ0) is 19.4. The Morgan fingerprint density at radius 2 is 1.78 bits per heavy atom. The summed E-state index contributed by atoms with van der Waals surface area (Å²) in [6.07, 6.45) is 14.5. The molecule has 2 heteroatoms. The molecule has 2 nitrogen and oxygen atoms in total. The van der Waals surface area contributed by atoms with Gasteiger partial charge in [-0.1, -0.05) is 19.9 Å². The number of allylic oxidation sites excluding steroid dienone is 1. The maximum Gasteiger partial charge on any atom is 0.133 e. The number of ketones is 1. The summed E-state index contributed by atoms with van der Waals surface area (Å²) in [5, 5.41) is 11.2. The summed E-state index contributed by atoms with van der Waals surface area (Å²) in [5.41, 5.74) is 0.204. The Labute approximate surface area is 166 Å². The molecule has 0 aromatic rings. The number of hydrogen-bond donors (Lipinski definition) is 1. The van der Waals surface area contributed by atoms with Crippen LogP contribution in [0.15, 0.2) is 12.7 Å². The normalized spacial score (nSPS) is 51.8. The van der Waals surface area contributed by atoms with Crippen molar-refractivity contribution < 1.29 is 9.90 Å². The van der Waals surface area contributed by atoms with Crippen molar-refractivity contribution >= 4 is 5.78 Å². The van der Waals surface area contributed by atoms with Gasteiger partial charge in [-0.05, 0) is 112 Å². The molecule has 1 N–H and O–H groups in total. The van der Waals surface area contributed by atoms with Crippen LogP contribution in [0.2, 0.25) is 0 Å². The number of carbonyl (C=O) groups excluding carboxylic acids is 1. The first-order valence-electron chi connectivity index (χ1n) is 11.6. The monoisotopic (exact) mass is 372 g/mol. The highest BCUT2D eigenvalue weighted by molar-refractivity contribution is 5.79. The van der Waals surface area contributed by atoms with Crippen LogP contribution in [0, 0.1) is 40.4 Å². The number of carbonyl (C=O) groups is 1. The second kappa shape index (κ2) is 6.71. The smallest absolute Gasteiger partial charge is 0.133 e. The molecule has 0 aromatic carbocycles. The maximum atomic E-state index is 12.3. The van der Waals surface area contributed by atoms with Crippen molar-refractivity contribution in [3.05, 3.63) is 12.7 Å². The predicted molar refractivity (Wildman–Crippen MR) is 110 cm³/mol. The van der Waals surface area contributed by atoms with E-state index in [0.717, 1.165) is 49.9 Å². The molecule has 4 fully saturated rings. The van der Waals surface area contributed by atoms with Gasteiger partial charge in [0.1, 0.15) is 5.78 Å². The molecule has 0 amide bonds. The molecule has 0 bridgehead atoms. The Morgan fingerprint density at radius 3 is 2.48 bits per heavy atom. The summed E-state index contributed by atoms with van der Waals surface area (Å²) >= 11 is 0. The highest BCUT2D eigenvalue weighted by Crippen LogP contribution is 2.68. The molecule has 152 valence electrons. The molecule has 8 atom stereocenters. The minimum atomic E-state index is -0.457. The van der Waals surface area contributed by atoms with Crippen LogP contribution in [0.4, 0.5) is 0 Å². The molecule has 4 saturated carbocycles. The quantitative estimate of drug-likeness (QED) is 0.621. The fraction of sp³-hybridized carbons (Fsp3) is 0.880. The van der Waals surface area contributed by atoms with Crippen molar-refractivity contribution in [2.24, 2.45) is 40.4 Å². The molecule has 0 spiro atoms. The van der Waals surface area contributed by atoms with E-state index >= 15 is 0 Å². The van der Waals surface area contributed by atoms with E-state index < -0.39 is 5.60 Å². The van der Waals surface area contributed by atoms with E-state index in [1.54, 1.807) is 0 Å². The third-order valence-electron chi connectivity index (χ3n) is 10.1. The average molecular weight is 373 g/mol. The van der Waals surface area contributed by atoms with Crippen LogP contribution in [0.1, 0.15) is 91.4 Å². The lowest BCUT2D eigenvalue weighted by atomic mass is 9.43. The number of rotatable bonds is 4. The summed E-state index contributed by atoms with van der Waals surface area (Å²) in [6, 6.07) is 0. The van der Waals surface area contributed by atoms with Gasteiger partial charge in [0.05, 0.1) is 5.60 Å². The average Bonchev–Trinajstić information content (AvgIpc) is 2.98. The third-order valence-corrected chi connectivity index (χ3v) is 10.1.